The monoisotopic (exact) mass is 179 g/mol. The van der Waals surface area contributed by atoms with Gasteiger partial charge in [0, 0.05) is 6.42 Å². The third kappa shape index (κ3) is 3.47. The minimum atomic E-state index is 0.728. The van der Waals surface area contributed by atoms with Crippen molar-refractivity contribution in [2.24, 2.45) is 0 Å². The van der Waals surface area contributed by atoms with Gasteiger partial charge in [-0.25, -0.2) is 0 Å². The Balaban J connectivity index is 2.48. The molecule has 0 unspecified atom stereocenters. The summed E-state index contributed by atoms with van der Waals surface area (Å²) in [5.74, 6) is 0.949. The molecule has 0 aliphatic carbocycles. The average molecular weight is 179 g/mol. The lowest BCUT2D eigenvalue weighted by Crippen LogP contribution is -2.77. The number of rotatable bonds is 5. The molecule has 0 bridgehead atoms. The predicted molar refractivity (Wildman–Crippen MR) is 53.5 cm³/mol. The van der Waals surface area contributed by atoms with Gasteiger partial charge < -0.3 is 10.1 Å². The van der Waals surface area contributed by atoms with Crippen molar-refractivity contribution >= 4 is 0 Å². The van der Waals surface area contributed by atoms with Crippen LogP contribution in [0.1, 0.15) is 12.5 Å². The van der Waals surface area contributed by atoms with Crippen molar-refractivity contribution in [1.82, 2.24) is 0 Å². The molecular formula is C11H17NO. The van der Waals surface area contributed by atoms with Crippen LogP contribution in [0.15, 0.2) is 24.3 Å². The normalized spacial score (nSPS) is 10.0. The summed E-state index contributed by atoms with van der Waals surface area (Å²) in [6.45, 7) is 3.76. The molecule has 0 aliphatic heterocycles. The molecule has 0 fully saturated rings. The van der Waals surface area contributed by atoms with E-state index < -0.39 is 0 Å². The van der Waals surface area contributed by atoms with E-state index in [4.69, 9.17) is 4.74 Å². The second-order valence-corrected chi connectivity index (χ2v) is 2.90. The third-order valence-corrected chi connectivity index (χ3v) is 1.87. The molecule has 0 aromatic heterocycles. The largest absolute Gasteiger partial charge is 0.494 e. The lowest BCUT2D eigenvalue weighted by molar-refractivity contribution is -0.594. The summed E-state index contributed by atoms with van der Waals surface area (Å²) < 4.78 is 5.35. The zero-order valence-electron chi connectivity index (χ0n) is 8.12. The highest BCUT2D eigenvalue weighted by molar-refractivity contribution is 5.27. The van der Waals surface area contributed by atoms with Crippen molar-refractivity contribution in [2.75, 3.05) is 13.2 Å². The summed E-state index contributed by atoms with van der Waals surface area (Å²) in [6.07, 6.45) is 1.07. The van der Waals surface area contributed by atoms with Crippen molar-refractivity contribution in [2.45, 2.75) is 13.3 Å². The minimum Gasteiger partial charge on any atom is -0.494 e. The Morgan fingerprint density at radius 3 is 2.54 bits per heavy atom. The van der Waals surface area contributed by atoms with Crippen LogP contribution >= 0.6 is 0 Å². The quantitative estimate of drug-likeness (QED) is 0.670. The Morgan fingerprint density at radius 1 is 1.31 bits per heavy atom. The Morgan fingerprint density at radius 2 is 2.00 bits per heavy atom. The fourth-order valence-electron chi connectivity index (χ4n) is 1.19. The van der Waals surface area contributed by atoms with E-state index in [1.165, 1.54) is 5.56 Å². The second kappa shape index (κ2) is 5.60. The molecule has 0 amide bonds. The summed E-state index contributed by atoms with van der Waals surface area (Å²) in [5, 5.41) is 1.94. The summed E-state index contributed by atoms with van der Waals surface area (Å²) in [4.78, 5) is 0. The van der Waals surface area contributed by atoms with Crippen molar-refractivity contribution in [3.05, 3.63) is 36.9 Å². The Labute approximate surface area is 79.9 Å². The highest BCUT2D eigenvalue weighted by atomic mass is 16.5. The van der Waals surface area contributed by atoms with Crippen LogP contribution in [0.5, 0.6) is 5.75 Å². The topological polar surface area (TPSA) is 25.8 Å². The average Bonchev–Trinajstić information content (AvgIpc) is 2.17. The molecule has 0 aliphatic rings. The van der Waals surface area contributed by atoms with Gasteiger partial charge in [-0.05, 0) is 24.6 Å². The molecule has 2 nitrogen and oxygen atoms in total. The summed E-state index contributed by atoms with van der Waals surface area (Å²) in [5.41, 5.74) is 1.34. The Kier molecular flexibility index (Phi) is 4.33. The van der Waals surface area contributed by atoms with E-state index >= 15 is 0 Å². The summed E-state index contributed by atoms with van der Waals surface area (Å²) in [7, 11) is 3.70. The van der Waals surface area contributed by atoms with E-state index in [1.807, 2.05) is 24.4 Å². The molecule has 0 saturated carbocycles. The predicted octanol–water partition coefficient (Wildman–Crippen LogP) is 0.983. The zero-order chi connectivity index (χ0) is 9.52. The van der Waals surface area contributed by atoms with Gasteiger partial charge in [-0.1, -0.05) is 12.1 Å². The Hall–Kier alpha value is -1.02. The number of quaternary nitrogens is 1. The van der Waals surface area contributed by atoms with Gasteiger partial charge in [0.25, 0.3) is 0 Å². The molecule has 0 heterocycles. The van der Waals surface area contributed by atoms with E-state index in [0.717, 1.165) is 25.3 Å². The maximum Gasteiger partial charge on any atom is 0.119 e. The van der Waals surface area contributed by atoms with Crippen molar-refractivity contribution in [3.63, 3.8) is 0 Å². The van der Waals surface area contributed by atoms with Crippen LogP contribution in [0.3, 0.4) is 0 Å². The van der Waals surface area contributed by atoms with Crippen LogP contribution in [-0.2, 0) is 6.42 Å². The van der Waals surface area contributed by atoms with Crippen molar-refractivity contribution in [3.8, 4) is 5.75 Å². The van der Waals surface area contributed by atoms with E-state index in [9.17, 15) is 0 Å². The molecular weight excluding hydrogens is 162 g/mol. The smallest absolute Gasteiger partial charge is 0.119 e. The molecule has 0 radical (unpaired) electrons. The first-order valence-corrected chi connectivity index (χ1v) is 4.69. The van der Waals surface area contributed by atoms with E-state index in [2.05, 4.69) is 19.2 Å². The SMILES string of the molecule is [CH2-][NH2+]CCc1ccc(OCC)cc1. The molecule has 1 aromatic carbocycles. The fourth-order valence-corrected chi connectivity index (χ4v) is 1.19. The number of ether oxygens (including phenoxy) is 1. The molecule has 2 N–H and O–H groups in total. The third-order valence-electron chi connectivity index (χ3n) is 1.87. The van der Waals surface area contributed by atoms with Crippen LogP contribution in [0.2, 0.25) is 0 Å². The summed E-state index contributed by atoms with van der Waals surface area (Å²) in [6, 6.07) is 8.24. The molecule has 72 valence electrons. The lowest BCUT2D eigenvalue weighted by atomic mass is 10.1. The number of benzene rings is 1. The molecule has 1 aromatic rings. The van der Waals surface area contributed by atoms with Crippen LogP contribution in [0.25, 0.3) is 0 Å². The van der Waals surface area contributed by atoms with Gasteiger partial charge in [-0.15, -0.1) is 0 Å². The van der Waals surface area contributed by atoms with E-state index in [0.29, 0.717) is 0 Å². The van der Waals surface area contributed by atoms with Crippen LogP contribution < -0.4 is 10.1 Å². The molecule has 2 heteroatoms. The van der Waals surface area contributed by atoms with Gasteiger partial charge in [-0.3, -0.25) is 0 Å². The van der Waals surface area contributed by atoms with Gasteiger partial charge >= 0.3 is 0 Å². The number of hydrogen-bond acceptors (Lipinski definition) is 1. The summed E-state index contributed by atoms with van der Waals surface area (Å²) >= 11 is 0. The molecule has 13 heavy (non-hydrogen) atoms. The van der Waals surface area contributed by atoms with E-state index in [-0.39, 0.29) is 0 Å². The van der Waals surface area contributed by atoms with Gasteiger partial charge in [0.2, 0.25) is 0 Å². The second-order valence-electron chi connectivity index (χ2n) is 2.90. The first-order chi connectivity index (χ1) is 6.36. The minimum absolute atomic E-state index is 0.728. The van der Waals surface area contributed by atoms with Gasteiger partial charge in [-0.2, -0.15) is 7.05 Å². The first-order valence-electron chi connectivity index (χ1n) is 4.69. The first kappa shape index (κ1) is 10.1. The van der Waals surface area contributed by atoms with Crippen molar-refractivity contribution in [1.29, 1.82) is 0 Å². The Bertz CT molecular complexity index is 230. The number of hydrogen-bond donors (Lipinski definition) is 1. The maximum atomic E-state index is 5.35. The van der Waals surface area contributed by atoms with Crippen LogP contribution in [0, 0.1) is 7.05 Å². The van der Waals surface area contributed by atoms with Gasteiger partial charge in [0.05, 0.1) is 13.2 Å². The van der Waals surface area contributed by atoms with Crippen LogP contribution in [0.4, 0.5) is 0 Å². The fraction of sp³-hybridized carbons (Fsp3) is 0.364. The molecule has 0 saturated heterocycles. The molecule has 0 atom stereocenters. The molecule has 1 rings (SSSR count). The van der Waals surface area contributed by atoms with E-state index in [1.54, 1.807) is 0 Å². The lowest BCUT2D eigenvalue weighted by Gasteiger charge is -2.04. The number of nitrogens with two attached hydrogens (primary N) is 1. The molecule has 0 spiro atoms. The van der Waals surface area contributed by atoms with Crippen molar-refractivity contribution < 1.29 is 10.1 Å². The standard InChI is InChI=1S/C11H17NO/c1-3-13-11-6-4-10(5-7-11)8-9-12-2/h4-7H,2-3,8-9,12H2,1H3. The van der Waals surface area contributed by atoms with Gasteiger partial charge in [0.15, 0.2) is 0 Å². The van der Waals surface area contributed by atoms with Crippen LogP contribution in [-0.4, -0.2) is 13.2 Å². The zero-order valence-corrected chi connectivity index (χ0v) is 8.12. The van der Waals surface area contributed by atoms with Gasteiger partial charge in [0.1, 0.15) is 5.75 Å². The highest BCUT2D eigenvalue weighted by Crippen LogP contribution is 2.11. The highest BCUT2D eigenvalue weighted by Gasteiger charge is 1.94. The maximum absolute atomic E-state index is 5.35.